The van der Waals surface area contributed by atoms with Gasteiger partial charge in [-0.15, -0.1) is 0 Å². The molecule has 2 aromatic carbocycles. The number of halogens is 7. The predicted octanol–water partition coefficient (Wildman–Crippen LogP) is 5.72. The number of para-hydroxylation sites is 1. The van der Waals surface area contributed by atoms with Crippen LogP contribution in [-0.4, -0.2) is 70.7 Å². The lowest BCUT2D eigenvalue weighted by molar-refractivity contribution is -0.142. The zero-order valence-electron chi connectivity index (χ0n) is 30.1. The number of nitrogens with zero attached hydrogens (tertiary/aromatic N) is 6. The Bertz CT molecular complexity index is 2550. The van der Waals surface area contributed by atoms with Crippen LogP contribution in [0, 0.1) is 29.4 Å². The minimum Gasteiger partial charge on any atom is -0.346 e. The Balaban J connectivity index is 1.36. The molecule has 1 saturated carbocycles. The molecular formula is C37H33F7N8O3S. The third-order valence-corrected chi connectivity index (χ3v) is 10.1. The van der Waals surface area contributed by atoms with E-state index >= 15 is 8.78 Å². The summed E-state index contributed by atoms with van der Waals surface area (Å²) in [6.45, 7) is -0.705. The van der Waals surface area contributed by atoms with Gasteiger partial charge in [-0.25, -0.2) is 22.2 Å². The fraction of sp³-hybridized carbons (Fsp3) is 0.351. The van der Waals surface area contributed by atoms with Crippen LogP contribution in [0.4, 0.5) is 36.6 Å². The van der Waals surface area contributed by atoms with E-state index in [4.69, 9.17) is 4.98 Å². The van der Waals surface area contributed by atoms with Crippen LogP contribution < -0.4 is 10.0 Å². The van der Waals surface area contributed by atoms with E-state index in [2.05, 4.69) is 32.1 Å². The molecule has 5 aromatic rings. The smallest absolute Gasteiger partial charge is 0.346 e. The van der Waals surface area contributed by atoms with Crippen molar-refractivity contribution < 1.29 is 43.9 Å². The molecule has 1 unspecified atom stereocenters. The number of carbonyl (C=O) groups is 1. The monoisotopic (exact) mass is 802 g/mol. The second-order valence-electron chi connectivity index (χ2n) is 14.2. The number of aryl methyl sites for hydroxylation is 1. The molecule has 2 aliphatic rings. The van der Waals surface area contributed by atoms with Crippen molar-refractivity contribution >= 4 is 32.7 Å². The van der Waals surface area contributed by atoms with Crippen molar-refractivity contribution in [2.45, 2.75) is 43.4 Å². The van der Waals surface area contributed by atoms with Crippen molar-refractivity contribution in [2.24, 2.45) is 13.0 Å². The van der Waals surface area contributed by atoms with E-state index < -0.39 is 81.0 Å². The molecule has 56 heavy (non-hydrogen) atoms. The first-order valence-corrected chi connectivity index (χ1v) is 19.0. The molecule has 0 aliphatic heterocycles. The van der Waals surface area contributed by atoms with Crippen LogP contribution in [0.5, 0.6) is 0 Å². The van der Waals surface area contributed by atoms with Crippen molar-refractivity contribution in [3.63, 3.8) is 0 Å². The van der Waals surface area contributed by atoms with Gasteiger partial charge in [-0.2, -0.15) is 32.1 Å². The SMILES string of the molecule is CN(C)CC#Cc1ccc(-c2cccc3c(NS(C)(=O)=O)nn(C)c23)c(C(Cc2cc(F)cc(F)c2)NC(=O)Cn2nc(C(F)(F)F)c3c2C(F)(F)[C@@H]2C[C@H]32)n1. The number of rotatable bonds is 10. The summed E-state index contributed by atoms with van der Waals surface area (Å²) in [4.78, 5) is 20.4. The largest absolute Gasteiger partial charge is 0.435 e. The summed E-state index contributed by atoms with van der Waals surface area (Å²) < 4.78 is 130. The van der Waals surface area contributed by atoms with Crippen LogP contribution in [0.2, 0.25) is 0 Å². The number of amides is 1. The molecule has 3 heterocycles. The normalized spacial score (nSPS) is 17.6. The standard InChI is InChI=1S/C37H33F7N8O3S/c1-50(2)12-6-7-22-10-11-23(24-8-5-9-25-32(24)51(3)48-35(25)49-56(4,54)55)31(45-22)28(15-19-13-20(38)16-21(39)14-19)46-29(53)18-52-34-30(33(47-52)37(42,43)44)26-17-27(26)36(34,40)41/h5,8-11,13-14,16,26-28H,12,15,17-18H2,1-4H3,(H,46,53)(H,48,49)/t26-,27+,28?/m0/s1. The Hall–Kier alpha value is -5.48. The maximum atomic E-state index is 15.4. The van der Waals surface area contributed by atoms with Gasteiger partial charge in [0, 0.05) is 41.1 Å². The summed E-state index contributed by atoms with van der Waals surface area (Å²) in [6, 6.07) is 9.53. The van der Waals surface area contributed by atoms with Gasteiger partial charge in [-0.3, -0.25) is 23.8 Å². The molecular weight excluding hydrogens is 770 g/mol. The zero-order valence-corrected chi connectivity index (χ0v) is 31.0. The van der Waals surface area contributed by atoms with Gasteiger partial charge in [0.15, 0.2) is 11.5 Å². The van der Waals surface area contributed by atoms with Crippen molar-refractivity contribution in [1.29, 1.82) is 0 Å². The van der Waals surface area contributed by atoms with Gasteiger partial charge in [-0.05, 0) is 74.7 Å². The average Bonchev–Trinajstić information content (AvgIpc) is 3.63. The molecule has 0 radical (unpaired) electrons. The number of anilines is 1. The highest BCUT2D eigenvalue weighted by Gasteiger charge is 2.68. The minimum absolute atomic E-state index is 0.0204. The van der Waals surface area contributed by atoms with Crippen molar-refractivity contribution in [2.75, 3.05) is 31.6 Å². The van der Waals surface area contributed by atoms with E-state index in [0.29, 0.717) is 39.3 Å². The quantitative estimate of drug-likeness (QED) is 0.137. The molecule has 0 spiro atoms. The van der Waals surface area contributed by atoms with E-state index in [1.54, 1.807) is 56.4 Å². The van der Waals surface area contributed by atoms with Crippen molar-refractivity contribution in [3.8, 4) is 23.0 Å². The highest BCUT2D eigenvalue weighted by molar-refractivity contribution is 7.92. The molecule has 0 saturated heterocycles. The van der Waals surface area contributed by atoms with Gasteiger partial charge in [0.2, 0.25) is 15.9 Å². The summed E-state index contributed by atoms with van der Waals surface area (Å²) in [6.07, 6.45) is -4.56. The third kappa shape index (κ3) is 7.54. The lowest BCUT2D eigenvalue weighted by Gasteiger charge is -2.23. The first-order valence-electron chi connectivity index (χ1n) is 17.1. The fourth-order valence-corrected chi connectivity index (χ4v) is 7.78. The van der Waals surface area contributed by atoms with Gasteiger partial charge in [-0.1, -0.05) is 18.1 Å². The Morgan fingerprint density at radius 2 is 1.79 bits per heavy atom. The molecule has 1 fully saturated rings. The van der Waals surface area contributed by atoms with E-state index in [0.717, 1.165) is 18.4 Å². The van der Waals surface area contributed by atoms with Gasteiger partial charge < -0.3 is 5.32 Å². The lowest BCUT2D eigenvalue weighted by Crippen LogP contribution is -2.35. The number of pyridine rings is 1. The number of sulfonamides is 1. The Morgan fingerprint density at radius 3 is 2.45 bits per heavy atom. The first-order chi connectivity index (χ1) is 26.2. The van der Waals surface area contributed by atoms with Crippen LogP contribution in [0.3, 0.4) is 0 Å². The summed E-state index contributed by atoms with van der Waals surface area (Å²) in [5, 5.41) is 10.8. The molecule has 3 atom stereocenters. The van der Waals surface area contributed by atoms with Crippen LogP contribution in [0.15, 0.2) is 48.5 Å². The molecule has 7 rings (SSSR count). The second kappa shape index (κ2) is 13.9. The maximum absolute atomic E-state index is 15.4. The number of hydrogen-bond donors (Lipinski definition) is 2. The topological polar surface area (TPSA) is 127 Å². The van der Waals surface area contributed by atoms with Gasteiger partial charge >= 0.3 is 6.18 Å². The highest BCUT2D eigenvalue weighted by atomic mass is 32.2. The zero-order chi connectivity index (χ0) is 40.5. The van der Waals surface area contributed by atoms with E-state index in [1.165, 1.54) is 4.68 Å². The third-order valence-electron chi connectivity index (χ3n) is 9.49. The molecule has 11 nitrogen and oxygen atoms in total. The fourth-order valence-electron chi connectivity index (χ4n) is 7.28. The Morgan fingerprint density at radius 1 is 1.07 bits per heavy atom. The Labute approximate surface area is 315 Å². The summed E-state index contributed by atoms with van der Waals surface area (Å²) >= 11 is 0. The number of alkyl halides is 5. The van der Waals surface area contributed by atoms with Crippen molar-refractivity contribution in [1.82, 2.24) is 34.8 Å². The minimum atomic E-state index is -5.06. The molecule has 1 amide bonds. The number of hydrogen-bond acceptors (Lipinski definition) is 7. The van der Waals surface area contributed by atoms with Gasteiger partial charge in [0.25, 0.3) is 5.92 Å². The molecule has 3 aromatic heterocycles. The molecule has 2 N–H and O–H groups in total. The molecule has 19 heteroatoms. The predicted molar refractivity (Wildman–Crippen MR) is 191 cm³/mol. The van der Waals surface area contributed by atoms with E-state index in [1.807, 2.05) is 0 Å². The van der Waals surface area contributed by atoms with Gasteiger partial charge in [0.1, 0.15) is 29.6 Å². The van der Waals surface area contributed by atoms with Gasteiger partial charge in [0.05, 0.1) is 30.1 Å². The number of fused-ring (bicyclic) bond motifs is 4. The highest BCUT2D eigenvalue weighted by Crippen LogP contribution is 2.68. The number of carbonyl (C=O) groups excluding carboxylic acids is 1. The van der Waals surface area contributed by atoms with Crippen LogP contribution >= 0.6 is 0 Å². The van der Waals surface area contributed by atoms with Crippen LogP contribution in [0.1, 0.15) is 52.3 Å². The van der Waals surface area contributed by atoms with E-state index in [-0.39, 0.29) is 35.6 Å². The summed E-state index contributed by atoms with van der Waals surface area (Å²) in [5.41, 5.74) is -1.54. The number of aromatic nitrogens is 5. The summed E-state index contributed by atoms with van der Waals surface area (Å²) in [5.74, 6) is -3.01. The summed E-state index contributed by atoms with van der Waals surface area (Å²) in [7, 11) is 1.41. The van der Waals surface area contributed by atoms with E-state index in [9.17, 15) is 35.2 Å². The maximum Gasteiger partial charge on any atom is 0.435 e. The Kier molecular flexibility index (Phi) is 9.64. The second-order valence-corrected chi connectivity index (χ2v) is 15.9. The lowest BCUT2D eigenvalue weighted by atomic mass is 9.93. The number of benzene rings is 2. The van der Waals surface area contributed by atoms with Crippen LogP contribution in [-0.2, 0) is 46.9 Å². The first kappa shape index (κ1) is 38.8. The number of nitrogens with one attached hydrogen (secondary N) is 2. The molecule has 0 bridgehead atoms. The van der Waals surface area contributed by atoms with Crippen molar-refractivity contribution in [3.05, 3.63) is 94.1 Å². The molecule has 2 aliphatic carbocycles. The molecule has 294 valence electrons. The van der Waals surface area contributed by atoms with Crippen LogP contribution in [0.25, 0.3) is 22.0 Å². The average molecular weight is 803 g/mol.